The van der Waals surface area contributed by atoms with Crippen molar-refractivity contribution >= 4 is 22.4 Å². The lowest BCUT2D eigenvalue weighted by atomic mass is 10.1. The lowest BCUT2D eigenvalue weighted by molar-refractivity contribution is -0.127. The first-order valence-corrected chi connectivity index (χ1v) is 7.73. The van der Waals surface area contributed by atoms with Crippen LogP contribution in [0.5, 0.6) is 5.75 Å². The number of fused-ring (bicyclic) bond motifs is 1. The largest absolute Gasteiger partial charge is 0.481 e. The highest BCUT2D eigenvalue weighted by atomic mass is 16.5. The maximum Gasteiger partial charge on any atom is 0.280 e. The molecule has 2 aromatic rings. The van der Waals surface area contributed by atoms with Gasteiger partial charge in [-0.15, -0.1) is 0 Å². The van der Waals surface area contributed by atoms with Crippen molar-refractivity contribution < 1.29 is 9.53 Å². The third kappa shape index (κ3) is 3.45. The van der Waals surface area contributed by atoms with Gasteiger partial charge in [-0.25, -0.2) is 5.43 Å². The van der Waals surface area contributed by atoms with Crippen molar-refractivity contribution in [3.05, 3.63) is 42.5 Å². The van der Waals surface area contributed by atoms with Crippen LogP contribution in [0.4, 0.5) is 0 Å². The molecule has 22 heavy (non-hydrogen) atoms. The second-order valence-corrected chi connectivity index (χ2v) is 5.63. The van der Waals surface area contributed by atoms with Crippen molar-refractivity contribution in [3.8, 4) is 5.75 Å². The average molecular weight is 296 g/mol. The predicted octanol–water partition coefficient (Wildman–Crippen LogP) is 3.65. The lowest BCUT2D eigenvalue weighted by Crippen LogP contribution is -2.33. The smallest absolute Gasteiger partial charge is 0.280 e. The molecule has 1 saturated carbocycles. The average Bonchev–Trinajstić information content (AvgIpc) is 3.06. The molecule has 1 N–H and O–H groups in total. The van der Waals surface area contributed by atoms with Gasteiger partial charge in [0.25, 0.3) is 5.91 Å². The summed E-state index contributed by atoms with van der Waals surface area (Å²) in [5.74, 6) is 0.474. The maximum absolute atomic E-state index is 12.0. The summed E-state index contributed by atoms with van der Waals surface area (Å²) in [5, 5.41) is 6.42. The number of rotatable bonds is 4. The van der Waals surface area contributed by atoms with Gasteiger partial charge < -0.3 is 4.74 Å². The predicted molar refractivity (Wildman–Crippen MR) is 88.1 cm³/mol. The molecule has 0 saturated heterocycles. The number of carbonyl (C=O) groups is 1. The second-order valence-electron chi connectivity index (χ2n) is 5.63. The molecule has 0 aliphatic heterocycles. The van der Waals surface area contributed by atoms with Gasteiger partial charge in [0.15, 0.2) is 6.10 Å². The molecule has 3 rings (SSSR count). The van der Waals surface area contributed by atoms with Crippen LogP contribution in [0.15, 0.2) is 47.6 Å². The molecule has 1 unspecified atom stereocenters. The summed E-state index contributed by atoms with van der Waals surface area (Å²) < 4.78 is 5.72. The standard InChI is InChI=1S/C18H20N2O2/c1-13(18(21)20-19-16-8-4-5-9-16)22-17-11-10-14-6-2-3-7-15(14)12-17/h2-3,6-7,10-13H,4-5,8-9H2,1H3,(H,20,21). The fourth-order valence-electron chi connectivity index (χ4n) is 2.62. The fourth-order valence-corrected chi connectivity index (χ4v) is 2.62. The number of carbonyl (C=O) groups excluding carboxylic acids is 1. The topological polar surface area (TPSA) is 50.7 Å². The van der Waals surface area contributed by atoms with Gasteiger partial charge in [-0.3, -0.25) is 4.79 Å². The molecule has 2 aromatic carbocycles. The fraction of sp³-hybridized carbons (Fsp3) is 0.333. The van der Waals surface area contributed by atoms with Crippen LogP contribution in [-0.4, -0.2) is 17.7 Å². The summed E-state index contributed by atoms with van der Waals surface area (Å²) >= 11 is 0. The minimum Gasteiger partial charge on any atom is -0.481 e. The summed E-state index contributed by atoms with van der Waals surface area (Å²) in [4.78, 5) is 12.0. The first-order chi connectivity index (χ1) is 10.7. The van der Waals surface area contributed by atoms with E-state index in [9.17, 15) is 4.79 Å². The summed E-state index contributed by atoms with van der Waals surface area (Å²) in [7, 11) is 0. The molecule has 1 aliphatic rings. The zero-order valence-electron chi connectivity index (χ0n) is 12.7. The van der Waals surface area contributed by atoms with Crippen LogP contribution in [0, 0.1) is 0 Å². The number of nitrogens with one attached hydrogen (secondary N) is 1. The van der Waals surface area contributed by atoms with Crippen LogP contribution in [0.3, 0.4) is 0 Å². The molecule has 4 nitrogen and oxygen atoms in total. The van der Waals surface area contributed by atoms with E-state index in [4.69, 9.17) is 4.74 Å². The zero-order valence-corrected chi connectivity index (χ0v) is 12.7. The van der Waals surface area contributed by atoms with E-state index in [0.717, 1.165) is 42.2 Å². The molecule has 0 aromatic heterocycles. The highest BCUT2D eigenvalue weighted by Crippen LogP contribution is 2.21. The zero-order chi connectivity index (χ0) is 15.4. The van der Waals surface area contributed by atoms with Gasteiger partial charge in [0.1, 0.15) is 5.75 Å². The van der Waals surface area contributed by atoms with Crippen molar-refractivity contribution in [1.82, 2.24) is 5.43 Å². The number of amides is 1. The first-order valence-electron chi connectivity index (χ1n) is 7.73. The molecule has 1 aliphatic carbocycles. The Hall–Kier alpha value is -2.36. The van der Waals surface area contributed by atoms with E-state index in [2.05, 4.69) is 10.5 Å². The quantitative estimate of drug-likeness (QED) is 0.875. The first kappa shape index (κ1) is 14.6. The van der Waals surface area contributed by atoms with E-state index in [1.54, 1.807) is 6.92 Å². The summed E-state index contributed by atoms with van der Waals surface area (Å²) in [5.41, 5.74) is 3.68. The number of benzene rings is 2. The van der Waals surface area contributed by atoms with Gasteiger partial charge in [0.05, 0.1) is 0 Å². The van der Waals surface area contributed by atoms with E-state index in [0.29, 0.717) is 5.75 Å². The van der Waals surface area contributed by atoms with Crippen molar-refractivity contribution in [1.29, 1.82) is 0 Å². The summed E-state index contributed by atoms with van der Waals surface area (Å²) in [6.07, 6.45) is 3.72. The van der Waals surface area contributed by atoms with Crippen molar-refractivity contribution in [3.63, 3.8) is 0 Å². The van der Waals surface area contributed by atoms with Crippen molar-refractivity contribution in [2.45, 2.75) is 38.7 Å². The molecule has 0 heterocycles. The Morgan fingerprint density at radius 3 is 2.64 bits per heavy atom. The molecular weight excluding hydrogens is 276 g/mol. The van der Waals surface area contributed by atoms with Gasteiger partial charge in [-0.05, 0) is 55.5 Å². The number of hydrogen-bond donors (Lipinski definition) is 1. The van der Waals surface area contributed by atoms with Crippen LogP contribution < -0.4 is 10.2 Å². The molecule has 4 heteroatoms. The van der Waals surface area contributed by atoms with Gasteiger partial charge in [0, 0.05) is 5.71 Å². The van der Waals surface area contributed by atoms with Gasteiger partial charge >= 0.3 is 0 Å². The van der Waals surface area contributed by atoms with Crippen LogP contribution in [0.2, 0.25) is 0 Å². The molecular formula is C18H20N2O2. The Morgan fingerprint density at radius 1 is 1.14 bits per heavy atom. The lowest BCUT2D eigenvalue weighted by Gasteiger charge is -2.13. The highest BCUT2D eigenvalue weighted by Gasteiger charge is 2.15. The minimum atomic E-state index is -0.577. The number of hydrogen-bond acceptors (Lipinski definition) is 3. The molecule has 0 radical (unpaired) electrons. The van der Waals surface area contributed by atoms with Crippen LogP contribution >= 0.6 is 0 Å². The molecule has 1 atom stereocenters. The summed E-state index contributed by atoms with van der Waals surface area (Å²) in [6.45, 7) is 1.74. The third-order valence-electron chi connectivity index (χ3n) is 3.91. The van der Waals surface area contributed by atoms with Gasteiger partial charge in [-0.1, -0.05) is 30.3 Å². The van der Waals surface area contributed by atoms with Gasteiger partial charge in [0.2, 0.25) is 0 Å². The normalized spacial score (nSPS) is 15.6. The molecule has 0 bridgehead atoms. The number of hydrazone groups is 1. The number of nitrogens with zero attached hydrogens (tertiary/aromatic N) is 1. The molecule has 0 spiro atoms. The van der Waals surface area contributed by atoms with E-state index < -0.39 is 6.10 Å². The maximum atomic E-state index is 12.0. The van der Waals surface area contributed by atoms with E-state index in [1.807, 2.05) is 42.5 Å². The molecule has 114 valence electrons. The summed E-state index contributed by atoms with van der Waals surface area (Å²) in [6, 6.07) is 13.9. The SMILES string of the molecule is CC(Oc1ccc2ccccc2c1)C(=O)NN=C1CCCC1. The third-order valence-corrected chi connectivity index (χ3v) is 3.91. The van der Waals surface area contributed by atoms with Crippen LogP contribution in [0.1, 0.15) is 32.6 Å². The van der Waals surface area contributed by atoms with Gasteiger partial charge in [-0.2, -0.15) is 5.10 Å². The Bertz CT molecular complexity index is 701. The molecule has 1 amide bonds. The van der Waals surface area contributed by atoms with Crippen LogP contribution in [0.25, 0.3) is 10.8 Å². The van der Waals surface area contributed by atoms with E-state index >= 15 is 0 Å². The Labute approximate surface area is 130 Å². The van der Waals surface area contributed by atoms with Crippen molar-refractivity contribution in [2.75, 3.05) is 0 Å². The minimum absolute atomic E-state index is 0.215. The monoisotopic (exact) mass is 296 g/mol. The number of ether oxygens (including phenoxy) is 1. The Balaban J connectivity index is 1.63. The van der Waals surface area contributed by atoms with E-state index in [1.165, 1.54) is 0 Å². The van der Waals surface area contributed by atoms with Crippen molar-refractivity contribution in [2.24, 2.45) is 5.10 Å². The Kier molecular flexibility index (Phi) is 4.37. The molecule has 1 fully saturated rings. The Morgan fingerprint density at radius 2 is 1.86 bits per heavy atom. The van der Waals surface area contributed by atoms with Crippen LogP contribution in [-0.2, 0) is 4.79 Å². The second kappa shape index (κ2) is 6.60. The van der Waals surface area contributed by atoms with E-state index in [-0.39, 0.29) is 5.91 Å². The highest BCUT2D eigenvalue weighted by molar-refractivity contribution is 5.88.